The van der Waals surface area contributed by atoms with Gasteiger partial charge in [-0.05, 0) is 12.1 Å². The van der Waals surface area contributed by atoms with E-state index in [1.54, 1.807) is 11.3 Å². The van der Waals surface area contributed by atoms with Crippen molar-refractivity contribution in [3.8, 4) is 12.1 Å². The van der Waals surface area contributed by atoms with Gasteiger partial charge in [0.05, 0.1) is 9.06 Å². The molecule has 6 heteroatoms. The molecule has 4 nitrogen and oxygen atoms in total. The molecule has 0 N–H and O–H groups in total. The van der Waals surface area contributed by atoms with E-state index in [1.165, 1.54) is 15.9 Å². The molecular weight excluding hydrogens is 288 g/mol. The van der Waals surface area contributed by atoms with Crippen molar-refractivity contribution in [3.05, 3.63) is 33.6 Å². The van der Waals surface area contributed by atoms with Crippen molar-refractivity contribution in [2.45, 2.75) is 0 Å². The van der Waals surface area contributed by atoms with Crippen molar-refractivity contribution < 1.29 is 0 Å². The van der Waals surface area contributed by atoms with Crippen LogP contribution in [0.3, 0.4) is 0 Å². The first-order chi connectivity index (χ1) is 9.63. The molecule has 0 spiro atoms. The topological polar surface area (TPSA) is 54.1 Å². The minimum absolute atomic E-state index is 0.185. The molecule has 0 aliphatic carbocycles. The summed E-state index contributed by atoms with van der Waals surface area (Å²) >= 11 is 3.17. The van der Waals surface area contributed by atoms with E-state index in [-0.39, 0.29) is 5.57 Å². The fourth-order valence-electron chi connectivity index (χ4n) is 2.14. The average Bonchev–Trinajstić information content (AvgIpc) is 3.05. The van der Waals surface area contributed by atoms with Crippen LogP contribution in [0.5, 0.6) is 0 Å². The summed E-state index contributed by atoms with van der Waals surface area (Å²) in [6, 6.07) is 7.93. The second-order valence-corrected chi connectivity index (χ2v) is 6.56. The molecule has 0 saturated carbocycles. The van der Waals surface area contributed by atoms with Gasteiger partial charge >= 0.3 is 0 Å². The summed E-state index contributed by atoms with van der Waals surface area (Å²) in [6.45, 7) is 0. The molecule has 2 aromatic heterocycles. The zero-order valence-electron chi connectivity index (χ0n) is 10.9. The molecule has 3 rings (SSSR count). The van der Waals surface area contributed by atoms with Gasteiger partial charge in [0.25, 0.3) is 0 Å². The Hall–Kier alpha value is -2.28. The molecule has 3 heterocycles. The van der Waals surface area contributed by atoms with Crippen molar-refractivity contribution in [1.29, 1.82) is 10.5 Å². The Morgan fingerprint density at radius 3 is 2.15 bits per heavy atom. The first-order valence-corrected chi connectivity index (χ1v) is 7.49. The minimum atomic E-state index is 0.185. The van der Waals surface area contributed by atoms with E-state index < -0.39 is 0 Å². The fraction of sp³-hybridized carbons (Fsp3) is 0.143. The zero-order chi connectivity index (χ0) is 14.3. The molecule has 0 fully saturated rings. The smallest absolute Gasteiger partial charge is 0.146 e. The van der Waals surface area contributed by atoms with Gasteiger partial charge in [-0.2, -0.15) is 10.5 Å². The molecule has 0 amide bonds. The first-order valence-electron chi connectivity index (χ1n) is 5.86. The third-order valence-electron chi connectivity index (χ3n) is 3.08. The van der Waals surface area contributed by atoms with Crippen LogP contribution in [0.2, 0.25) is 0 Å². The maximum atomic E-state index is 8.91. The van der Waals surface area contributed by atoms with E-state index in [0.717, 1.165) is 19.8 Å². The van der Waals surface area contributed by atoms with Gasteiger partial charge in [0, 0.05) is 35.9 Å². The van der Waals surface area contributed by atoms with Crippen molar-refractivity contribution in [2.24, 2.45) is 0 Å². The van der Waals surface area contributed by atoms with Gasteiger partial charge in [-0.15, -0.1) is 22.7 Å². The van der Waals surface area contributed by atoms with E-state index in [2.05, 4.69) is 15.9 Å². The lowest BCUT2D eigenvalue weighted by Crippen LogP contribution is -2.21. The number of nitrogens with zero attached hydrogens (tertiary/aromatic N) is 4. The van der Waals surface area contributed by atoms with E-state index >= 15 is 0 Å². The number of nitriles is 2. The standard InChI is InChI=1S/C14H10N4S2/c1-17-3-4-18(2)14(17)13-6-12-11(20-13)5-10(19-12)9(7-15)8-16/h3-6H,1-2H3. The monoisotopic (exact) mass is 298 g/mol. The maximum Gasteiger partial charge on any atom is 0.146 e. The van der Waals surface area contributed by atoms with E-state index in [4.69, 9.17) is 10.5 Å². The summed E-state index contributed by atoms with van der Waals surface area (Å²) in [7, 11) is 4.04. The maximum absolute atomic E-state index is 8.91. The Bertz CT molecular complexity index is 850. The summed E-state index contributed by atoms with van der Waals surface area (Å²) in [5.74, 6) is 1.14. The molecule has 0 atom stereocenters. The zero-order valence-corrected chi connectivity index (χ0v) is 12.5. The summed E-state index contributed by atoms with van der Waals surface area (Å²) in [4.78, 5) is 4.16. The Balaban J connectivity index is 2.24. The minimum Gasteiger partial charge on any atom is -0.335 e. The highest BCUT2D eigenvalue weighted by atomic mass is 32.1. The summed E-state index contributed by atoms with van der Waals surface area (Å²) in [5, 5.41) is 17.8. The largest absolute Gasteiger partial charge is 0.335 e. The lowest BCUT2D eigenvalue weighted by atomic mass is 10.3. The van der Waals surface area contributed by atoms with Gasteiger partial charge in [-0.3, -0.25) is 0 Å². The molecule has 0 bridgehead atoms. The first kappa shape index (κ1) is 12.7. The van der Waals surface area contributed by atoms with Gasteiger partial charge in [-0.1, -0.05) is 0 Å². The molecule has 1 aliphatic rings. The summed E-state index contributed by atoms with van der Waals surface area (Å²) in [5.41, 5.74) is 0.185. The SMILES string of the molecule is CN1C=CN(C)C1=c1cc2sc(=C(C#N)C#N)cc2s1. The predicted molar refractivity (Wildman–Crippen MR) is 81.7 cm³/mol. The highest BCUT2D eigenvalue weighted by molar-refractivity contribution is 7.25. The molecule has 0 saturated heterocycles. The summed E-state index contributed by atoms with van der Waals surface area (Å²) in [6.07, 6.45) is 4.04. The second kappa shape index (κ2) is 4.68. The van der Waals surface area contributed by atoms with Crippen LogP contribution in [0.4, 0.5) is 0 Å². The fourth-order valence-corrected chi connectivity index (χ4v) is 4.61. The molecule has 0 radical (unpaired) electrons. The van der Waals surface area contributed by atoms with Crippen LogP contribution in [0, 0.1) is 22.7 Å². The Labute approximate surface area is 124 Å². The number of thiophene rings is 2. The third kappa shape index (κ3) is 1.87. The van der Waals surface area contributed by atoms with Crippen LogP contribution in [0.1, 0.15) is 0 Å². The molecule has 20 heavy (non-hydrogen) atoms. The van der Waals surface area contributed by atoms with Crippen LogP contribution < -0.4 is 9.06 Å². The van der Waals surface area contributed by atoms with Crippen LogP contribution in [-0.2, 0) is 0 Å². The molecular formula is C14H10N4S2. The van der Waals surface area contributed by atoms with Crippen LogP contribution in [0.15, 0.2) is 24.5 Å². The van der Waals surface area contributed by atoms with E-state index in [0.29, 0.717) is 0 Å². The predicted octanol–water partition coefficient (Wildman–Crippen LogP) is 1.57. The van der Waals surface area contributed by atoms with Crippen LogP contribution in [0.25, 0.3) is 20.8 Å². The number of hydrogen-bond acceptors (Lipinski definition) is 6. The highest BCUT2D eigenvalue weighted by Gasteiger charge is 2.15. The van der Waals surface area contributed by atoms with Crippen LogP contribution in [-0.4, -0.2) is 23.9 Å². The van der Waals surface area contributed by atoms with Gasteiger partial charge in [0.2, 0.25) is 0 Å². The van der Waals surface area contributed by atoms with Crippen LogP contribution >= 0.6 is 22.7 Å². The van der Waals surface area contributed by atoms with E-state index in [9.17, 15) is 0 Å². The molecule has 98 valence electrons. The van der Waals surface area contributed by atoms with Gasteiger partial charge in [0.15, 0.2) is 0 Å². The molecule has 0 unspecified atom stereocenters. The lowest BCUT2D eigenvalue weighted by molar-refractivity contribution is 0.548. The number of fused-ring (bicyclic) bond motifs is 1. The Kier molecular flexibility index (Phi) is 2.98. The number of hydrogen-bond donors (Lipinski definition) is 0. The Morgan fingerprint density at radius 2 is 1.60 bits per heavy atom. The average molecular weight is 298 g/mol. The van der Waals surface area contributed by atoms with Gasteiger partial charge in [0.1, 0.15) is 23.5 Å². The quantitative estimate of drug-likeness (QED) is 0.741. The lowest BCUT2D eigenvalue weighted by Gasteiger charge is -2.16. The van der Waals surface area contributed by atoms with Gasteiger partial charge in [-0.25, -0.2) is 0 Å². The Morgan fingerprint density at radius 1 is 1.00 bits per heavy atom. The normalized spacial score (nSPS) is 13.9. The van der Waals surface area contributed by atoms with Gasteiger partial charge < -0.3 is 9.80 Å². The number of rotatable bonds is 0. The molecule has 1 aliphatic heterocycles. The van der Waals surface area contributed by atoms with Crippen molar-refractivity contribution >= 4 is 43.5 Å². The highest BCUT2D eigenvalue weighted by Crippen LogP contribution is 2.23. The van der Waals surface area contributed by atoms with Crippen molar-refractivity contribution in [1.82, 2.24) is 9.80 Å². The van der Waals surface area contributed by atoms with Crippen molar-refractivity contribution in [2.75, 3.05) is 14.1 Å². The molecule has 2 aromatic rings. The van der Waals surface area contributed by atoms with E-state index in [1.807, 2.05) is 44.7 Å². The summed E-state index contributed by atoms with van der Waals surface area (Å²) < 4.78 is 4.16. The second-order valence-electron chi connectivity index (χ2n) is 4.39. The molecule has 0 aromatic carbocycles. The third-order valence-corrected chi connectivity index (χ3v) is 5.39. The van der Waals surface area contributed by atoms with Crippen molar-refractivity contribution in [3.63, 3.8) is 0 Å².